The molecule has 32 heavy (non-hydrogen) atoms. The third-order valence-corrected chi connectivity index (χ3v) is 5.32. The predicted octanol–water partition coefficient (Wildman–Crippen LogP) is 5.08. The summed E-state index contributed by atoms with van der Waals surface area (Å²) in [5, 5.41) is 3.23. The lowest BCUT2D eigenvalue weighted by atomic mass is 10.0. The maximum absolute atomic E-state index is 13.4. The van der Waals surface area contributed by atoms with Crippen LogP contribution < -0.4 is 10.1 Å². The van der Waals surface area contributed by atoms with Crippen LogP contribution in [-0.4, -0.2) is 23.3 Å². The van der Waals surface area contributed by atoms with Crippen molar-refractivity contribution < 1.29 is 18.7 Å². The van der Waals surface area contributed by atoms with Crippen LogP contribution in [-0.2, 0) is 16.1 Å². The first-order chi connectivity index (χ1) is 15.5. The molecule has 0 unspecified atom stereocenters. The standard InChI is InChI=1S/C26H26N2O4/c1-4-13-31-20-10-8-19(9-11-20)23-24(27-22-12-7-17(2)15-18(22)3)26(30)28(25(23)29)16-21-6-5-14-32-21/h5-12,14-15,27H,4,13,16H2,1-3H3. The zero-order valence-corrected chi connectivity index (χ0v) is 18.5. The van der Waals surface area contributed by atoms with E-state index in [-0.39, 0.29) is 24.1 Å². The van der Waals surface area contributed by atoms with Crippen LogP contribution in [0, 0.1) is 13.8 Å². The molecular formula is C26H26N2O4. The van der Waals surface area contributed by atoms with Crippen molar-refractivity contribution in [2.75, 3.05) is 11.9 Å². The molecule has 2 heterocycles. The van der Waals surface area contributed by atoms with Crippen molar-refractivity contribution >= 4 is 23.1 Å². The lowest BCUT2D eigenvalue weighted by molar-refractivity contribution is -0.137. The van der Waals surface area contributed by atoms with Crippen molar-refractivity contribution in [3.63, 3.8) is 0 Å². The molecule has 2 amide bonds. The Labute approximate surface area is 187 Å². The van der Waals surface area contributed by atoms with Gasteiger partial charge in [0, 0.05) is 5.69 Å². The number of hydrogen-bond acceptors (Lipinski definition) is 5. The number of hydrogen-bond donors (Lipinski definition) is 1. The van der Waals surface area contributed by atoms with Crippen LogP contribution in [0.4, 0.5) is 5.69 Å². The highest BCUT2D eigenvalue weighted by atomic mass is 16.5. The minimum Gasteiger partial charge on any atom is -0.494 e. The van der Waals surface area contributed by atoms with Gasteiger partial charge in [0.05, 0.1) is 25.0 Å². The Bertz CT molecular complexity index is 1160. The Morgan fingerprint density at radius 1 is 1.00 bits per heavy atom. The minimum atomic E-state index is -0.382. The van der Waals surface area contributed by atoms with Crippen LogP contribution in [0.25, 0.3) is 5.57 Å². The molecule has 164 valence electrons. The second-order valence-electron chi connectivity index (χ2n) is 7.84. The normalized spacial score (nSPS) is 13.8. The predicted molar refractivity (Wildman–Crippen MR) is 123 cm³/mol. The molecule has 0 fully saturated rings. The van der Waals surface area contributed by atoms with E-state index in [1.165, 1.54) is 11.2 Å². The Morgan fingerprint density at radius 2 is 1.78 bits per heavy atom. The van der Waals surface area contributed by atoms with Gasteiger partial charge >= 0.3 is 0 Å². The molecule has 0 spiro atoms. The zero-order valence-electron chi connectivity index (χ0n) is 18.5. The lowest BCUT2D eigenvalue weighted by Gasteiger charge is -2.14. The Morgan fingerprint density at radius 3 is 2.44 bits per heavy atom. The summed E-state index contributed by atoms with van der Waals surface area (Å²) in [5.74, 6) is 0.528. The van der Waals surface area contributed by atoms with Crippen molar-refractivity contribution in [2.24, 2.45) is 0 Å². The Balaban J connectivity index is 1.72. The second kappa shape index (κ2) is 9.14. The molecule has 0 saturated carbocycles. The molecule has 0 aliphatic carbocycles. The number of imide groups is 1. The van der Waals surface area contributed by atoms with Gasteiger partial charge < -0.3 is 14.5 Å². The van der Waals surface area contributed by atoms with Crippen LogP contribution in [0.15, 0.2) is 71.0 Å². The molecule has 1 N–H and O–H groups in total. The number of nitrogens with one attached hydrogen (secondary N) is 1. The van der Waals surface area contributed by atoms with E-state index in [1.807, 2.05) is 63.2 Å². The van der Waals surface area contributed by atoms with E-state index in [9.17, 15) is 9.59 Å². The van der Waals surface area contributed by atoms with Crippen molar-refractivity contribution in [1.29, 1.82) is 0 Å². The average Bonchev–Trinajstić information content (AvgIpc) is 3.37. The second-order valence-corrected chi connectivity index (χ2v) is 7.84. The number of rotatable bonds is 8. The molecule has 0 saturated heterocycles. The molecule has 0 radical (unpaired) electrons. The Kier molecular flexibility index (Phi) is 6.12. The molecule has 6 heteroatoms. The minimum absolute atomic E-state index is 0.0733. The van der Waals surface area contributed by atoms with Crippen molar-refractivity contribution in [1.82, 2.24) is 4.90 Å². The number of ether oxygens (including phenoxy) is 1. The molecular weight excluding hydrogens is 404 g/mol. The van der Waals surface area contributed by atoms with Gasteiger partial charge in [-0.1, -0.05) is 36.8 Å². The summed E-state index contributed by atoms with van der Waals surface area (Å²) in [6.45, 7) is 6.72. The topological polar surface area (TPSA) is 71.8 Å². The van der Waals surface area contributed by atoms with Crippen LogP contribution in [0.2, 0.25) is 0 Å². The number of aryl methyl sites for hydroxylation is 2. The van der Waals surface area contributed by atoms with E-state index in [2.05, 4.69) is 5.32 Å². The first kappa shape index (κ1) is 21.4. The first-order valence-electron chi connectivity index (χ1n) is 10.7. The lowest BCUT2D eigenvalue weighted by Crippen LogP contribution is -2.31. The quantitative estimate of drug-likeness (QED) is 0.505. The number of benzene rings is 2. The monoisotopic (exact) mass is 430 g/mol. The summed E-state index contributed by atoms with van der Waals surface area (Å²) in [6.07, 6.45) is 2.43. The fourth-order valence-corrected chi connectivity index (χ4v) is 3.69. The first-order valence-corrected chi connectivity index (χ1v) is 10.7. The number of carbonyl (C=O) groups is 2. The van der Waals surface area contributed by atoms with Gasteiger partial charge in [0.1, 0.15) is 17.2 Å². The number of nitrogens with zero attached hydrogens (tertiary/aromatic N) is 1. The van der Waals surface area contributed by atoms with Gasteiger partial charge in [0.2, 0.25) is 0 Å². The number of carbonyl (C=O) groups excluding carboxylic acids is 2. The zero-order chi connectivity index (χ0) is 22.7. The van der Waals surface area contributed by atoms with Gasteiger partial charge in [0.15, 0.2) is 0 Å². The third kappa shape index (κ3) is 4.30. The molecule has 2 aromatic carbocycles. The fourth-order valence-electron chi connectivity index (χ4n) is 3.69. The van der Waals surface area contributed by atoms with Crippen molar-refractivity contribution in [2.45, 2.75) is 33.7 Å². The van der Waals surface area contributed by atoms with Gasteiger partial charge in [-0.3, -0.25) is 14.5 Å². The number of amides is 2. The van der Waals surface area contributed by atoms with E-state index in [4.69, 9.17) is 9.15 Å². The van der Waals surface area contributed by atoms with E-state index in [0.717, 1.165) is 29.0 Å². The largest absolute Gasteiger partial charge is 0.494 e. The number of furan rings is 1. The molecule has 1 aliphatic rings. The molecule has 1 aromatic heterocycles. The van der Waals surface area contributed by atoms with Gasteiger partial charge in [-0.2, -0.15) is 0 Å². The van der Waals surface area contributed by atoms with Crippen molar-refractivity contribution in [3.05, 3.63) is 89.0 Å². The highest BCUT2D eigenvalue weighted by molar-refractivity contribution is 6.36. The van der Waals surface area contributed by atoms with Crippen LogP contribution >= 0.6 is 0 Å². The molecule has 1 aliphatic heterocycles. The van der Waals surface area contributed by atoms with Gasteiger partial charge in [-0.05, 0) is 61.7 Å². The highest BCUT2D eigenvalue weighted by Gasteiger charge is 2.39. The molecule has 0 atom stereocenters. The van der Waals surface area contributed by atoms with E-state index < -0.39 is 0 Å². The summed E-state index contributed by atoms with van der Waals surface area (Å²) in [7, 11) is 0. The summed E-state index contributed by atoms with van der Waals surface area (Å²) in [4.78, 5) is 27.9. The SMILES string of the molecule is CCCOc1ccc(C2=C(Nc3ccc(C)cc3C)C(=O)N(Cc3ccco3)C2=O)cc1. The summed E-state index contributed by atoms with van der Waals surface area (Å²) >= 11 is 0. The summed E-state index contributed by atoms with van der Waals surface area (Å²) in [6, 6.07) is 16.7. The van der Waals surface area contributed by atoms with Crippen LogP contribution in [0.3, 0.4) is 0 Å². The Hall–Kier alpha value is -3.80. The summed E-state index contributed by atoms with van der Waals surface area (Å²) in [5.41, 5.74) is 4.15. The molecule has 0 bridgehead atoms. The smallest absolute Gasteiger partial charge is 0.278 e. The average molecular weight is 431 g/mol. The van der Waals surface area contributed by atoms with Crippen LogP contribution in [0.5, 0.6) is 5.75 Å². The number of anilines is 1. The van der Waals surface area contributed by atoms with Gasteiger partial charge in [0.25, 0.3) is 11.8 Å². The van der Waals surface area contributed by atoms with Gasteiger partial charge in [-0.15, -0.1) is 0 Å². The summed E-state index contributed by atoms with van der Waals surface area (Å²) < 4.78 is 11.0. The van der Waals surface area contributed by atoms with Crippen molar-refractivity contribution in [3.8, 4) is 5.75 Å². The maximum atomic E-state index is 13.4. The molecule has 3 aromatic rings. The molecule has 4 rings (SSSR count). The fraction of sp³-hybridized carbons (Fsp3) is 0.231. The highest BCUT2D eigenvalue weighted by Crippen LogP contribution is 2.33. The van der Waals surface area contributed by atoms with E-state index in [0.29, 0.717) is 23.5 Å². The third-order valence-electron chi connectivity index (χ3n) is 5.32. The molecule has 6 nitrogen and oxygen atoms in total. The van der Waals surface area contributed by atoms with E-state index in [1.54, 1.807) is 12.1 Å². The van der Waals surface area contributed by atoms with Crippen LogP contribution in [0.1, 0.15) is 35.8 Å². The van der Waals surface area contributed by atoms with E-state index >= 15 is 0 Å². The maximum Gasteiger partial charge on any atom is 0.278 e. The van der Waals surface area contributed by atoms with Gasteiger partial charge in [-0.25, -0.2) is 0 Å².